The first-order valence-electron chi connectivity index (χ1n) is 13.0. The number of carboxylic acids is 1. The van der Waals surface area contributed by atoms with E-state index in [1.54, 1.807) is 35.9 Å². The Kier molecular flexibility index (Phi) is 8.15. The molecule has 200 valence electrons. The molecule has 0 aliphatic carbocycles. The van der Waals surface area contributed by atoms with E-state index in [0.717, 1.165) is 30.2 Å². The van der Waals surface area contributed by atoms with E-state index in [2.05, 4.69) is 10.8 Å². The molecule has 0 atom stereocenters. The van der Waals surface area contributed by atoms with Crippen LogP contribution in [0.25, 0.3) is 10.9 Å². The zero-order valence-corrected chi connectivity index (χ0v) is 23.3. The van der Waals surface area contributed by atoms with Gasteiger partial charge in [0, 0.05) is 24.3 Å². The molecule has 4 rings (SSSR count). The van der Waals surface area contributed by atoms with Gasteiger partial charge in [-0.1, -0.05) is 44.7 Å². The fourth-order valence-electron chi connectivity index (χ4n) is 5.05. The summed E-state index contributed by atoms with van der Waals surface area (Å²) in [5.74, 6) is 2.45. The molecule has 0 amide bonds. The van der Waals surface area contributed by atoms with Crippen molar-refractivity contribution in [2.24, 2.45) is 7.05 Å². The number of benzene rings is 2. The van der Waals surface area contributed by atoms with Crippen molar-refractivity contribution in [1.82, 2.24) is 14.5 Å². The molecule has 0 radical (unpaired) electrons. The second kappa shape index (κ2) is 11.2. The summed E-state index contributed by atoms with van der Waals surface area (Å²) in [5, 5.41) is 10.7. The van der Waals surface area contributed by atoms with Crippen molar-refractivity contribution in [3.05, 3.63) is 68.2 Å². The van der Waals surface area contributed by atoms with Crippen molar-refractivity contribution in [2.75, 3.05) is 24.5 Å². The van der Waals surface area contributed by atoms with E-state index in [9.17, 15) is 14.7 Å². The average Bonchev–Trinajstić information content (AvgIpc) is 2.87. The van der Waals surface area contributed by atoms with Crippen molar-refractivity contribution < 1.29 is 9.90 Å². The van der Waals surface area contributed by atoms with Gasteiger partial charge in [0.2, 0.25) is 0 Å². The Balaban J connectivity index is 1.71. The predicted octanol–water partition coefficient (Wildman–Crippen LogP) is 5.21. The quantitative estimate of drug-likeness (QED) is 0.419. The highest BCUT2D eigenvalue weighted by molar-refractivity contribution is 6.32. The number of carbonyl (C=O) groups is 1. The highest BCUT2D eigenvalue weighted by Gasteiger charge is 2.24. The molecular formula is C30H35ClN4O3. The van der Waals surface area contributed by atoms with Gasteiger partial charge in [0.05, 0.1) is 29.6 Å². The Morgan fingerprint density at radius 2 is 1.89 bits per heavy atom. The van der Waals surface area contributed by atoms with Gasteiger partial charge in [-0.05, 0) is 72.8 Å². The first-order valence-corrected chi connectivity index (χ1v) is 13.3. The summed E-state index contributed by atoms with van der Waals surface area (Å²) in [6.45, 7) is 9.25. The molecule has 7 nitrogen and oxygen atoms in total. The summed E-state index contributed by atoms with van der Waals surface area (Å²) in [7, 11) is 1.77. The number of aromatic carboxylic acids is 1. The van der Waals surface area contributed by atoms with Crippen LogP contribution >= 0.6 is 11.6 Å². The van der Waals surface area contributed by atoms with Crippen LogP contribution in [0.5, 0.6) is 0 Å². The van der Waals surface area contributed by atoms with Gasteiger partial charge in [0.15, 0.2) is 0 Å². The van der Waals surface area contributed by atoms with E-state index in [4.69, 9.17) is 23.0 Å². The maximum Gasteiger partial charge on any atom is 0.335 e. The number of aromatic nitrogens is 2. The molecule has 1 fully saturated rings. The normalized spacial score (nSPS) is 14.4. The lowest BCUT2D eigenvalue weighted by Crippen LogP contribution is -2.33. The van der Waals surface area contributed by atoms with Crippen LogP contribution in [0.3, 0.4) is 0 Å². The second-order valence-corrected chi connectivity index (χ2v) is 11.4. The Labute approximate surface area is 229 Å². The van der Waals surface area contributed by atoms with Crippen LogP contribution in [0.4, 0.5) is 5.69 Å². The number of likely N-dealkylation sites (tertiary alicyclic amines) is 1. The van der Waals surface area contributed by atoms with Crippen molar-refractivity contribution in [3.63, 3.8) is 0 Å². The van der Waals surface area contributed by atoms with E-state index < -0.39 is 5.97 Å². The van der Waals surface area contributed by atoms with Gasteiger partial charge < -0.3 is 10.0 Å². The lowest BCUT2D eigenvalue weighted by Gasteiger charge is -2.28. The number of rotatable bonds is 7. The van der Waals surface area contributed by atoms with Crippen LogP contribution in [0.1, 0.15) is 67.3 Å². The molecule has 0 unspecified atom stereocenters. The summed E-state index contributed by atoms with van der Waals surface area (Å²) in [4.78, 5) is 34.3. The third-order valence-corrected chi connectivity index (χ3v) is 7.55. The zero-order valence-electron chi connectivity index (χ0n) is 22.6. The highest BCUT2D eigenvalue weighted by Crippen LogP contribution is 2.32. The maximum atomic E-state index is 13.4. The van der Waals surface area contributed by atoms with Crippen molar-refractivity contribution in [2.45, 2.75) is 58.5 Å². The predicted molar refractivity (Wildman–Crippen MR) is 153 cm³/mol. The van der Waals surface area contributed by atoms with Gasteiger partial charge in [-0.3, -0.25) is 14.3 Å². The zero-order chi connectivity index (χ0) is 27.6. The van der Waals surface area contributed by atoms with Gasteiger partial charge in [0.1, 0.15) is 5.82 Å². The van der Waals surface area contributed by atoms with E-state index >= 15 is 0 Å². The summed E-state index contributed by atoms with van der Waals surface area (Å²) in [5.41, 5.74) is 2.61. The Morgan fingerprint density at radius 1 is 1.18 bits per heavy atom. The van der Waals surface area contributed by atoms with E-state index in [1.165, 1.54) is 19.3 Å². The number of carboxylic acid groups (broad SMARTS) is 1. The lowest BCUT2D eigenvalue weighted by molar-refractivity contribution is 0.0694. The number of anilines is 1. The number of piperidine rings is 1. The molecule has 1 N–H and O–H groups in total. The summed E-state index contributed by atoms with van der Waals surface area (Å²) in [6, 6.07) is 8.82. The van der Waals surface area contributed by atoms with Gasteiger partial charge >= 0.3 is 5.97 Å². The Morgan fingerprint density at radius 3 is 2.53 bits per heavy atom. The average molecular weight is 535 g/mol. The van der Waals surface area contributed by atoms with Crippen LogP contribution in [0.15, 0.2) is 35.1 Å². The third-order valence-electron chi connectivity index (χ3n) is 7.20. The summed E-state index contributed by atoms with van der Waals surface area (Å²) < 4.78 is 1.63. The maximum absolute atomic E-state index is 13.4. The largest absolute Gasteiger partial charge is 0.478 e. The molecule has 8 heteroatoms. The minimum Gasteiger partial charge on any atom is -0.478 e. The standard InChI is InChI=1S/C30H35ClN4O3/c1-6-12-35(21-10-11-22(29(37)38)24(16-21)30(2,3)4)18-20-15-23-26(17-25(20)31)32-27(33(5)28(23)36)19-34-13-8-7-9-14-34/h1,10-11,15-17H,7-9,12-14,18-19H2,2-5H3,(H,37,38). The van der Waals surface area contributed by atoms with Crippen LogP contribution in [0, 0.1) is 12.3 Å². The van der Waals surface area contributed by atoms with Gasteiger partial charge in [0.25, 0.3) is 5.56 Å². The molecular weight excluding hydrogens is 500 g/mol. The molecule has 1 aliphatic heterocycles. The van der Waals surface area contributed by atoms with E-state index in [0.29, 0.717) is 34.6 Å². The molecule has 1 aliphatic rings. The van der Waals surface area contributed by atoms with Crippen molar-refractivity contribution >= 4 is 34.2 Å². The molecule has 1 saturated heterocycles. The van der Waals surface area contributed by atoms with Crippen LogP contribution in [-0.4, -0.2) is 45.2 Å². The first-order chi connectivity index (χ1) is 18.0. The van der Waals surface area contributed by atoms with E-state index in [1.807, 2.05) is 31.7 Å². The number of halogens is 1. The number of fused-ring (bicyclic) bond motifs is 1. The first kappa shape index (κ1) is 27.7. The van der Waals surface area contributed by atoms with Gasteiger partial charge in [-0.2, -0.15) is 0 Å². The van der Waals surface area contributed by atoms with Crippen LogP contribution < -0.4 is 10.5 Å². The molecule has 2 heterocycles. The fourth-order valence-corrected chi connectivity index (χ4v) is 5.27. The van der Waals surface area contributed by atoms with Crippen LogP contribution in [-0.2, 0) is 25.6 Å². The monoisotopic (exact) mass is 534 g/mol. The molecule has 0 saturated carbocycles. The second-order valence-electron chi connectivity index (χ2n) is 11.0. The number of terminal acetylenes is 1. The Bertz CT molecular complexity index is 1460. The molecule has 38 heavy (non-hydrogen) atoms. The SMILES string of the molecule is C#CCN(Cc1cc2c(=O)n(C)c(CN3CCCCC3)nc2cc1Cl)c1ccc(C(=O)O)c(C(C)(C)C)c1. The van der Waals surface area contributed by atoms with Crippen LogP contribution in [0.2, 0.25) is 5.02 Å². The Hall–Kier alpha value is -3.34. The topological polar surface area (TPSA) is 78.7 Å². The summed E-state index contributed by atoms with van der Waals surface area (Å²) in [6.07, 6.45) is 9.28. The molecule has 1 aromatic heterocycles. The smallest absolute Gasteiger partial charge is 0.335 e. The molecule has 3 aromatic rings. The highest BCUT2D eigenvalue weighted by atomic mass is 35.5. The minimum atomic E-state index is -0.967. The minimum absolute atomic E-state index is 0.107. The number of nitrogens with zero attached hydrogens (tertiary/aromatic N) is 4. The fraction of sp³-hybridized carbons (Fsp3) is 0.433. The van der Waals surface area contributed by atoms with Crippen molar-refractivity contribution in [3.8, 4) is 12.3 Å². The van der Waals surface area contributed by atoms with E-state index in [-0.39, 0.29) is 23.1 Å². The third kappa shape index (κ3) is 5.87. The van der Waals surface area contributed by atoms with Crippen molar-refractivity contribution in [1.29, 1.82) is 0 Å². The lowest BCUT2D eigenvalue weighted by atomic mass is 9.83. The van der Waals surface area contributed by atoms with Gasteiger partial charge in [-0.15, -0.1) is 6.42 Å². The van der Waals surface area contributed by atoms with Gasteiger partial charge in [-0.25, -0.2) is 9.78 Å². The molecule has 0 spiro atoms. The summed E-state index contributed by atoms with van der Waals surface area (Å²) >= 11 is 6.73. The number of hydrogen-bond donors (Lipinski definition) is 1. The number of hydrogen-bond acceptors (Lipinski definition) is 5. The molecule has 0 bridgehead atoms. The molecule has 2 aromatic carbocycles.